The summed E-state index contributed by atoms with van der Waals surface area (Å²) in [6.07, 6.45) is 1.19. The van der Waals surface area contributed by atoms with Gasteiger partial charge in [-0.2, -0.15) is 0 Å². The Morgan fingerprint density at radius 2 is 2.20 bits per heavy atom. The largest absolute Gasteiger partial charge is 0.496 e. The summed E-state index contributed by atoms with van der Waals surface area (Å²) in [6, 6.07) is 9.50. The van der Waals surface area contributed by atoms with Gasteiger partial charge in [-0.25, -0.2) is 4.98 Å². The van der Waals surface area contributed by atoms with E-state index in [1.54, 1.807) is 7.11 Å². The summed E-state index contributed by atoms with van der Waals surface area (Å²) in [5.74, 6) is 0.285. The van der Waals surface area contributed by atoms with Crippen LogP contribution < -0.4 is 10.1 Å². The average Bonchev–Trinajstić information content (AvgIpc) is 3.03. The number of rotatable bonds is 5. The Bertz CT molecular complexity index is 973. The standard InChI is InChI=1S/C16H12BrN3O4S/c1-24-13-5-2-9-6-10(17)3-4-11(9)12(13)7-14(21)19-16-18-8-15(25-16)20(22)23/h2-6,8H,7H2,1H3,(H,18,19,21). The maximum Gasteiger partial charge on any atom is 0.345 e. The lowest BCUT2D eigenvalue weighted by atomic mass is 10.0. The van der Waals surface area contributed by atoms with Crippen molar-refractivity contribution in [1.82, 2.24) is 4.98 Å². The van der Waals surface area contributed by atoms with Crippen LogP contribution in [0.5, 0.6) is 5.75 Å². The van der Waals surface area contributed by atoms with E-state index in [9.17, 15) is 14.9 Å². The van der Waals surface area contributed by atoms with E-state index in [-0.39, 0.29) is 22.5 Å². The number of hydrogen-bond acceptors (Lipinski definition) is 6. The molecule has 0 saturated heterocycles. The van der Waals surface area contributed by atoms with Gasteiger partial charge in [0.05, 0.1) is 18.5 Å². The molecule has 25 heavy (non-hydrogen) atoms. The summed E-state index contributed by atoms with van der Waals surface area (Å²) in [6.45, 7) is 0. The van der Waals surface area contributed by atoms with Crippen molar-refractivity contribution in [3.05, 3.63) is 56.7 Å². The highest BCUT2D eigenvalue weighted by Crippen LogP contribution is 2.31. The molecule has 9 heteroatoms. The van der Waals surface area contributed by atoms with Crippen LogP contribution in [0.3, 0.4) is 0 Å². The molecule has 0 aliphatic heterocycles. The van der Waals surface area contributed by atoms with Crippen LogP contribution in [0.1, 0.15) is 5.56 Å². The van der Waals surface area contributed by atoms with E-state index in [1.165, 1.54) is 0 Å². The van der Waals surface area contributed by atoms with Gasteiger partial charge in [0.15, 0.2) is 5.13 Å². The molecular weight excluding hydrogens is 410 g/mol. The van der Waals surface area contributed by atoms with Crippen LogP contribution in [0, 0.1) is 10.1 Å². The van der Waals surface area contributed by atoms with Crippen LogP contribution in [-0.2, 0) is 11.2 Å². The van der Waals surface area contributed by atoms with Crippen LogP contribution in [0.15, 0.2) is 41.0 Å². The summed E-state index contributed by atoms with van der Waals surface area (Å²) in [5, 5.41) is 15.2. The molecule has 0 fully saturated rings. The van der Waals surface area contributed by atoms with Crippen molar-refractivity contribution in [2.45, 2.75) is 6.42 Å². The summed E-state index contributed by atoms with van der Waals surface area (Å²) in [7, 11) is 1.55. The molecule has 128 valence electrons. The molecule has 0 unspecified atom stereocenters. The van der Waals surface area contributed by atoms with E-state index >= 15 is 0 Å². The number of anilines is 1. The molecule has 2 aromatic carbocycles. The van der Waals surface area contributed by atoms with Crippen LogP contribution in [0.4, 0.5) is 10.1 Å². The molecule has 0 bridgehead atoms. The monoisotopic (exact) mass is 421 g/mol. The van der Waals surface area contributed by atoms with Crippen molar-refractivity contribution in [3.8, 4) is 5.75 Å². The third-order valence-corrected chi connectivity index (χ3v) is 4.89. The Balaban J connectivity index is 1.88. The second kappa shape index (κ2) is 7.16. The van der Waals surface area contributed by atoms with Gasteiger partial charge in [-0.1, -0.05) is 28.1 Å². The molecule has 1 N–H and O–H groups in total. The SMILES string of the molecule is COc1ccc2cc(Br)ccc2c1CC(=O)Nc1ncc([N+](=O)[O-])s1. The number of nitrogens with one attached hydrogen (secondary N) is 1. The Labute approximate surface area is 154 Å². The predicted octanol–water partition coefficient (Wildman–Crippen LogP) is 4.16. The average molecular weight is 422 g/mol. The molecule has 7 nitrogen and oxygen atoms in total. The third-order valence-electron chi connectivity index (χ3n) is 3.53. The minimum absolute atomic E-state index is 0.0650. The Kier molecular flexibility index (Phi) is 4.95. The number of carbonyl (C=O) groups excluding carboxylic acids is 1. The normalized spacial score (nSPS) is 10.6. The summed E-state index contributed by atoms with van der Waals surface area (Å²) in [4.78, 5) is 26.4. The predicted molar refractivity (Wildman–Crippen MR) is 99.3 cm³/mol. The lowest BCUT2D eigenvalue weighted by molar-refractivity contribution is -0.380. The maximum atomic E-state index is 12.4. The molecular formula is C16H12BrN3O4S. The van der Waals surface area contributed by atoms with Crippen molar-refractivity contribution in [3.63, 3.8) is 0 Å². The molecule has 1 heterocycles. The fourth-order valence-corrected chi connectivity index (χ4v) is 3.48. The van der Waals surface area contributed by atoms with Crippen molar-refractivity contribution in [2.75, 3.05) is 12.4 Å². The van der Waals surface area contributed by atoms with Crippen LogP contribution in [0.25, 0.3) is 10.8 Å². The Hall–Kier alpha value is -2.52. The minimum atomic E-state index is -0.543. The highest BCUT2D eigenvalue weighted by molar-refractivity contribution is 9.10. The zero-order valence-electron chi connectivity index (χ0n) is 13.0. The van der Waals surface area contributed by atoms with E-state index < -0.39 is 4.92 Å². The number of nitro groups is 1. The molecule has 0 atom stereocenters. The second-order valence-electron chi connectivity index (χ2n) is 5.10. The molecule has 3 aromatic rings. The number of amides is 1. The summed E-state index contributed by atoms with van der Waals surface area (Å²) < 4.78 is 6.32. The molecule has 0 spiro atoms. The number of aromatic nitrogens is 1. The van der Waals surface area contributed by atoms with E-state index in [2.05, 4.69) is 26.2 Å². The lowest BCUT2D eigenvalue weighted by Gasteiger charge is -2.12. The van der Waals surface area contributed by atoms with E-state index in [0.717, 1.165) is 38.3 Å². The minimum Gasteiger partial charge on any atom is -0.496 e. The van der Waals surface area contributed by atoms with Gasteiger partial charge in [-0.3, -0.25) is 14.9 Å². The quantitative estimate of drug-likeness (QED) is 0.492. The van der Waals surface area contributed by atoms with Gasteiger partial charge in [0.2, 0.25) is 5.91 Å². The van der Waals surface area contributed by atoms with E-state index in [4.69, 9.17) is 4.74 Å². The lowest BCUT2D eigenvalue weighted by Crippen LogP contribution is -2.15. The first-order chi connectivity index (χ1) is 12.0. The second-order valence-corrected chi connectivity index (χ2v) is 7.02. The van der Waals surface area contributed by atoms with Gasteiger partial charge >= 0.3 is 5.00 Å². The number of methoxy groups -OCH3 is 1. The molecule has 1 amide bonds. The summed E-state index contributed by atoms with van der Waals surface area (Å²) in [5.41, 5.74) is 0.746. The van der Waals surface area contributed by atoms with Gasteiger partial charge < -0.3 is 10.1 Å². The number of nitrogens with zero attached hydrogens (tertiary/aromatic N) is 2. The number of ether oxygens (including phenoxy) is 1. The van der Waals surface area contributed by atoms with E-state index in [0.29, 0.717) is 5.75 Å². The molecule has 1 aromatic heterocycles. The van der Waals surface area contributed by atoms with E-state index in [1.807, 2.05) is 30.3 Å². The smallest absolute Gasteiger partial charge is 0.345 e. The maximum absolute atomic E-state index is 12.4. The van der Waals surface area contributed by atoms with Crippen molar-refractivity contribution in [2.24, 2.45) is 0 Å². The number of carbonyl (C=O) groups is 1. The first kappa shape index (κ1) is 17.3. The highest BCUT2D eigenvalue weighted by Gasteiger charge is 2.16. The fourth-order valence-electron chi connectivity index (χ4n) is 2.45. The third kappa shape index (κ3) is 3.77. The Morgan fingerprint density at radius 1 is 1.40 bits per heavy atom. The van der Waals surface area contributed by atoms with Gasteiger partial charge in [0, 0.05) is 10.0 Å². The molecule has 0 radical (unpaired) electrons. The van der Waals surface area contributed by atoms with Crippen molar-refractivity contribution in [1.29, 1.82) is 0 Å². The van der Waals surface area contributed by atoms with Crippen LogP contribution in [0.2, 0.25) is 0 Å². The zero-order chi connectivity index (χ0) is 18.0. The molecule has 0 aliphatic rings. The Morgan fingerprint density at radius 3 is 2.88 bits per heavy atom. The zero-order valence-corrected chi connectivity index (χ0v) is 15.4. The fraction of sp³-hybridized carbons (Fsp3) is 0.125. The molecule has 0 saturated carbocycles. The van der Waals surface area contributed by atoms with Crippen molar-refractivity contribution >= 4 is 54.1 Å². The molecule has 3 rings (SSSR count). The number of fused-ring (bicyclic) bond motifs is 1. The first-order valence-corrected chi connectivity index (χ1v) is 8.74. The van der Waals surface area contributed by atoms with Gasteiger partial charge in [-0.15, -0.1) is 0 Å². The first-order valence-electron chi connectivity index (χ1n) is 7.13. The molecule has 0 aliphatic carbocycles. The van der Waals surface area contributed by atoms with Gasteiger partial charge in [0.1, 0.15) is 11.9 Å². The van der Waals surface area contributed by atoms with Crippen LogP contribution in [-0.4, -0.2) is 22.9 Å². The van der Waals surface area contributed by atoms with Crippen molar-refractivity contribution < 1.29 is 14.5 Å². The summed E-state index contributed by atoms with van der Waals surface area (Å²) >= 11 is 4.25. The van der Waals surface area contributed by atoms with Gasteiger partial charge in [-0.05, 0) is 40.3 Å². The number of hydrogen-bond donors (Lipinski definition) is 1. The topological polar surface area (TPSA) is 94.4 Å². The number of thiazole rings is 1. The van der Waals surface area contributed by atoms with Crippen LogP contribution >= 0.6 is 27.3 Å². The number of halogens is 1. The number of benzene rings is 2. The highest BCUT2D eigenvalue weighted by atomic mass is 79.9. The van der Waals surface area contributed by atoms with Gasteiger partial charge in [0.25, 0.3) is 0 Å².